The zero-order valence-corrected chi connectivity index (χ0v) is 12.0. The first-order valence-electron chi connectivity index (χ1n) is 6.92. The number of aryl methyl sites for hydroxylation is 1. The number of nitrogens with one attached hydrogen (secondary N) is 1. The first-order chi connectivity index (χ1) is 9.06. The predicted octanol–water partition coefficient (Wildman–Crippen LogP) is 1.50. The third-order valence-corrected chi connectivity index (χ3v) is 3.83. The van der Waals surface area contributed by atoms with E-state index in [4.69, 9.17) is 4.74 Å². The van der Waals surface area contributed by atoms with E-state index in [-0.39, 0.29) is 11.6 Å². The zero-order chi connectivity index (χ0) is 13.8. The quantitative estimate of drug-likeness (QED) is 0.896. The molecule has 2 rings (SSSR count). The molecule has 1 aliphatic rings. The molecule has 0 radical (unpaired) electrons. The smallest absolute Gasteiger partial charge is 0.251 e. The largest absolute Gasteiger partial charge is 0.381 e. The molecule has 1 aromatic heterocycles. The van der Waals surface area contributed by atoms with Crippen LogP contribution in [0.4, 0.5) is 0 Å². The van der Waals surface area contributed by atoms with Crippen LogP contribution in [0.1, 0.15) is 37.3 Å². The normalized spacial score (nSPS) is 18.7. The summed E-state index contributed by atoms with van der Waals surface area (Å²) in [7, 11) is 2.09. The van der Waals surface area contributed by atoms with Gasteiger partial charge in [-0.15, -0.1) is 0 Å². The summed E-state index contributed by atoms with van der Waals surface area (Å²) in [5, 5.41) is 0. The van der Waals surface area contributed by atoms with Crippen molar-refractivity contribution in [2.24, 2.45) is 5.92 Å². The van der Waals surface area contributed by atoms with E-state index in [1.165, 1.54) is 6.07 Å². The van der Waals surface area contributed by atoms with Gasteiger partial charge in [0.25, 0.3) is 5.56 Å². The molecule has 1 atom stereocenters. The van der Waals surface area contributed by atoms with Crippen molar-refractivity contribution in [3.05, 3.63) is 27.9 Å². The highest BCUT2D eigenvalue weighted by molar-refractivity contribution is 5.03. The highest BCUT2D eigenvalue weighted by atomic mass is 16.5. The molecule has 0 bridgehead atoms. The molecule has 1 N–H and O–H groups in total. The van der Waals surface area contributed by atoms with E-state index in [0.29, 0.717) is 5.92 Å². The zero-order valence-electron chi connectivity index (χ0n) is 12.0. The Hall–Kier alpha value is -1.20. The highest BCUT2D eigenvalue weighted by Gasteiger charge is 2.20. The third kappa shape index (κ3) is 3.88. The SMILES string of the molecule is Cc1cc(=O)[nH]c([C@@H](C)N(C)CC2CCOCC2)n1. The maximum absolute atomic E-state index is 11.5. The fraction of sp³-hybridized carbons (Fsp3) is 0.714. The first-order valence-corrected chi connectivity index (χ1v) is 6.92. The van der Waals surface area contributed by atoms with E-state index in [2.05, 4.69) is 28.8 Å². The van der Waals surface area contributed by atoms with Gasteiger partial charge in [-0.25, -0.2) is 4.98 Å². The Bertz CT molecular complexity index is 466. The number of ether oxygens (including phenoxy) is 1. The van der Waals surface area contributed by atoms with Crippen LogP contribution >= 0.6 is 0 Å². The summed E-state index contributed by atoms with van der Waals surface area (Å²) in [6.07, 6.45) is 2.24. The lowest BCUT2D eigenvalue weighted by atomic mass is 9.99. The van der Waals surface area contributed by atoms with Gasteiger partial charge in [0.15, 0.2) is 0 Å². The molecule has 1 aromatic rings. The lowest BCUT2D eigenvalue weighted by Gasteiger charge is -2.30. The van der Waals surface area contributed by atoms with Crippen molar-refractivity contribution in [2.45, 2.75) is 32.7 Å². The van der Waals surface area contributed by atoms with Crippen LogP contribution in [0.3, 0.4) is 0 Å². The second-order valence-corrected chi connectivity index (χ2v) is 5.44. The summed E-state index contributed by atoms with van der Waals surface area (Å²) in [5.41, 5.74) is 0.693. The maximum Gasteiger partial charge on any atom is 0.251 e. The molecule has 1 fully saturated rings. The molecule has 19 heavy (non-hydrogen) atoms. The molecule has 1 aliphatic heterocycles. The number of hydrogen-bond acceptors (Lipinski definition) is 4. The van der Waals surface area contributed by atoms with Crippen LogP contribution in [-0.2, 0) is 4.74 Å². The van der Waals surface area contributed by atoms with Gasteiger partial charge in [0.2, 0.25) is 0 Å². The molecule has 0 spiro atoms. The summed E-state index contributed by atoms with van der Waals surface area (Å²) < 4.78 is 5.38. The number of aromatic nitrogens is 2. The van der Waals surface area contributed by atoms with E-state index in [1.54, 1.807) is 0 Å². The van der Waals surface area contributed by atoms with Gasteiger partial charge >= 0.3 is 0 Å². The standard InChI is InChI=1S/C14H23N3O2/c1-10-8-13(18)16-14(15-10)11(2)17(3)9-12-4-6-19-7-5-12/h8,11-12H,4-7,9H2,1-3H3,(H,15,16,18)/t11-/m1/s1. The van der Waals surface area contributed by atoms with E-state index in [9.17, 15) is 4.79 Å². The second kappa shape index (κ2) is 6.30. The van der Waals surface area contributed by atoms with Gasteiger partial charge in [-0.1, -0.05) is 0 Å². The number of nitrogens with zero attached hydrogens (tertiary/aromatic N) is 2. The minimum Gasteiger partial charge on any atom is -0.381 e. The number of H-pyrrole nitrogens is 1. The summed E-state index contributed by atoms with van der Waals surface area (Å²) in [6.45, 7) is 6.68. The molecular weight excluding hydrogens is 242 g/mol. The van der Waals surface area contributed by atoms with Crippen LogP contribution in [0.15, 0.2) is 10.9 Å². The Morgan fingerprint density at radius 2 is 2.21 bits per heavy atom. The van der Waals surface area contributed by atoms with Crippen molar-refractivity contribution < 1.29 is 4.74 Å². The van der Waals surface area contributed by atoms with Gasteiger partial charge in [-0.2, -0.15) is 0 Å². The van der Waals surface area contributed by atoms with Crippen molar-refractivity contribution in [3.8, 4) is 0 Å². The van der Waals surface area contributed by atoms with Gasteiger partial charge in [-0.05, 0) is 39.7 Å². The predicted molar refractivity (Wildman–Crippen MR) is 74.2 cm³/mol. The van der Waals surface area contributed by atoms with E-state index < -0.39 is 0 Å². The van der Waals surface area contributed by atoms with Crippen molar-refractivity contribution in [1.29, 1.82) is 0 Å². The Morgan fingerprint density at radius 1 is 1.53 bits per heavy atom. The van der Waals surface area contributed by atoms with E-state index in [1.807, 2.05) is 6.92 Å². The molecule has 1 saturated heterocycles. The molecule has 106 valence electrons. The minimum absolute atomic E-state index is 0.0752. The monoisotopic (exact) mass is 265 g/mol. The molecule has 0 aromatic carbocycles. The molecule has 0 unspecified atom stereocenters. The van der Waals surface area contributed by atoms with Crippen LogP contribution in [0, 0.1) is 12.8 Å². The topological polar surface area (TPSA) is 58.2 Å². The average Bonchev–Trinajstić information content (AvgIpc) is 2.37. The van der Waals surface area contributed by atoms with Crippen molar-refractivity contribution >= 4 is 0 Å². The van der Waals surface area contributed by atoms with Gasteiger partial charge < -0.3 is 9.72 Å². The van der Waals surface area contributed by atoms with Crippen molar-refractivity contribution in [2.75, 3.05) is 26.8 Å². The molecule has 0 amide bonds. The molecule has 5 nitrogen and oxygen atoms in total. The fourth-order valence-electron chi connectivity index (χ4n) is 2.50. The Labute approximate surface area is 114 Å². The van der Waals surface area contributed by atoms with Crippen LogP contribution in [0.2, 0.25) is 0 Å². The van der Waals surface area contributed by atoms with E-state index in [0.717, 1.165) is 44.1 Å². The first kappa shape index (κ1) is 14.2. The Kier molecular flexibility index (Phi) is 4.71. The van der Waals surface area contributed by atoms with Gasteiger partial charge in [-0.3, -0.25) is 9.69 Å². The average molecular weight is 265 g/mol. The molecule has 2 heterocycles. The lowest BCUT2D eigenvalue weighted by molar-refractivity contribution is 0.0508. The van der Waals surface area contributed by atoms with Gasteiger partial charge in [0, 0.05) is 31.5 Å². The van der Waals surface area contributed by atoms with Crippen LogP contribution < -0.4 is 5.56 Å². The van der Waals surface area contributed by atoms with Gasteiger partial charge in [0.1, 0.15) is 5.82 Å². The Balaban J connectivity index is 2.01. The van der Waals surface area contributed by atoms with Crippen molar-refractivity contribution in [3.63, 3.8) is 0 Å². The number of aromatic amines is 1. The highest BCUT2D eigenvalue weighted by Crippen LogP contribution is 2.20. The van der Waals surface area contributed by atoms with Crippen molar-refractivity contribution in [1.82, 2.24) is 14.9 Å². The summed E-state index contributed by atoms with van der Waals surface area (Å²) in [6, 6.07) is 1.64. The molecule has 0 saturated carbocycles. The van der Waals surface area contributed by atoms with Crippen LogP contribution in [-0.4, -0.2) is 41.7 Å². The van der Waals surface area contributed by atoms with E-state index >= 15 is 0 Å². The summed E-state index contributed by atoms with van der Waals surface area (Å²) in [4.78, 5) is 21.0. The number of hydrogen-bond donors (Lipinski definition) is 1. The maximum atomic E-state index is 11.5. The minimum atomic E-state index is -0.0752. The summed E-state index contributed by atoms with van der Waals surface area (Å²) >= 11 is 0. The number of rotatable bonds is 4. The molecule has 5 heteroatoms. The second-order valence-electron chi connectivity index (χ2n) is 5.44. The fourth-order valence-corrected chi connectivity index (χ4v) is 2.50. The molecule has 0 aliphatic carbocycles. The molecular formula is C14H23N3O2. The third-order valence-electron chi connectivity index (χ3n) is 3.83. The van der Waals surface area contributed by atoms with Crippen LogP contribution in [0.5, 0.6) is 0 Å². The van der Waals surface area contributed by atoms with Crippen LogP contribution in [0.25, 0.3) is 0 Å². The Morgan fingerprint density at radius 3 is 2.84 bits per heavy atom. The van der Waals surface area contributed by atoms with Gasteiger partial charge in [0.05, 0.1) is 6.04 Å². The summed E-state index contributed by atoms with van der Waals surface area (Å²) in [5.74, 6) is 1.43. The lowest BCUT2D eigenvalue weighted by Crippen LogP contribution is -2.33.